The zero-order valence-corrected chi connectivity index (χ0v) is 20.0. The maximum atomic E-state index is 6.37. The molecule has 0 amide bonds. The zero-order chi connectivity index (χ0) is 21.4. The molecule has 1 aromatic carbocycles. The minimum absolute atomic E-state index is 0.178. The number of hydrogen-bond donors (Lipinski definition) is 0. The number of aryl methyl sites for hydroxylation is 1. The van der Waals surface area contributed by atoms with Gasteiger partial charge in [0.05, 0.1) is 14.2 Å². The number of hydrogen-bond acceptors (Lipinski definition) is 5. The number of rotatable bonds is 12. The van der Waals surface area contributed by atoms with Crippen molar-refractivity contribution in [3.8, 4) is 17.2 Å². The van der Waals surface area contributed by atoms with E-state index in [1.165, 1.54) is 0 Å². The van der Waals surface area contributed by atoms with Gasteiger partial charge in [-0.3, -0.25) is 0 Å². The largest absolute Gasteiger partial charge is 0.496 e. The van der Waals surface area contributed by atoms with E-state index in [9.17, 15) is 0 Å². The van der Waals surface area contributed by atoms with Crippen molar-refractivity contribution in [2.24, 2.45) is 0 Å². The lowest BCUT2D eigenvalue weighted by Crippen LogP contribution is -2.44. The molecule has 1 aromatic rings. The van der Waals surface area contributed by atoms with Gasteiger partial charge < -0.3 is 23.7 Å². The van der Waals surface area contributed by atoms with Gasteiger partial charge in [0.15, 0.2) is 11.5 Å². The van der Waals surface area contributed by atoms with Crippen LogP contribution >= 0.6 is 0 Å². The molecule has 5 nitrogen and oxygen atoms in total. The normalized spacial score (nSPS) is 13.6. The van der Waals surface area contributed by atoms with E-state index in [4.69, 9.17) is 23.7 Å². The summed E-state index contributed by atoms with van der Waals surface area (Å²) < 4.78 is 28.4. The summed E-state index contributed by atoms with van der Waals surface area (Å²) in [5, 5.41) is 0. The highest BCUT2D eigenvalue weighted by molar-refractivity contribution is 6.76. The Bertz CT molecular complexity index is 635. The highest BCUT2D eigenvalue weighted by Crippen LogP contribution is 2.37. The van der Waals surface area contributed by atoms with Crippen LogP contribution < -0.4 is 14.2 Å². The number of ether oxygens (including phenoxy) is 5. The zero-order valence-electron chi connectivity index (χ0n) is 19.0. The van der Waals surface area contributed by atoms with E-state index in [0.717, 1.165) is 23.8 Å². The van der Waals surface area contributed by atoms with E-state index in [0.29, 0.717) is 11.5 Å². The fraction of sp³-hybridized carbons (Fsp3) is 0.636. The summed E-state index contributed by atoms with van der Waals surface area (Å²) in [5.74, 6) is 2.06. The molecule has 6 heteroatoms. The SMILES string of the molecule is COCOC(C/C=C\C[Si](C)(C)C)C(C)(C)Oc1cc(OC)c(C)cc1OC. The van der Waals surface area contributed by atoms with E-state index in [-0.39, 0.29) is 12.9 Å². The molecule has 0 aromatic heterocycles. The van der Waals surface area contributed by atoms with Gasteiger partial charge in [-0.05, 0) is 44.9 Å². The van der Waals surface area contributed by atoms with Crippen molar-refractivity contribution < 1.29 is 23.7 Å². The van der Waals surface area contributed by atoms with E-state index < -0.39 is 13.7 Å². The van der Waals surface area contributed by atoms with Crippen LogP contribution in [-0.4, -0.2) is 47.9 Å². The van der Waals surface area contributed by atoms with Crippen molar-refractivity contribution in [1.29, 1.82) is 0 Å². The Morgan fingerprint density at radius 1 is 0.964 bits per heavy atom. The first kappa shape index (κ1) is 24.5. The average Bonchev–Trinajstić information content (AvgIpc) is 2.60. The van der Waals surface area contributed by atoms with Crippen LogP contribution in [0.25, 0.3) is 0 Å². The van der Waals surface area contributed by atoms with Crippen LogP contribution in [0.1, 0.15) is 25.8 Å². The highest BCUT2D eigenvalue weighted by Gasteiger charge is 2.33. The Labute approximate surface area is 172 Å². The molecule has 0 aliphatic heterocycles. The standard InChI is InChI=1S/C22H38O5Si/c1-17-14-19(25-6)20(15-18(17)24-5)27-22(2,3)21(26-16-23-4)12-10-11-13-28(7,8)9/h10-11,14-15,21H,12-13,16H2,1-9H3/b11-10-. The second kappa shape index (κ2) is 10.9. The van der Waals surface area contributed by atoms with Crippen molar-refractivity contribution in [2.45, 2.75) is 64.6 Å². The van der Waals surface area contributed by atoms with Gasteiger partial charge in [-0.25, -0.2) is 0 Å². The van der Waals surface area contributed by atoms with Gasteiger partial charge in [0.2, 0.25) is 0 Å². The van der Waals surface area contributed by atoms with Crippen LogP contribution in [0, 0.1) is 6.92 Å². The first-order valence-corrected chi connectivity index (χ1v) is 13.4. The molecule has 0 radical (unpaired) electrons. The first-order valence-electron chi connectivity index (χ1n) is 9.71. The van der Waals surface area contributed by atoms with Gasteiger partial charge in [0.25, 0.3) is 0 Å². The van der Waals surface area contributed by atoms with Crippen LogP contribution in [0.5, 0.6) is 17.2 Å². The van der Waals surface area contributed by atoms with Gasteiger partial charge in [-0.1, -0.05) is 31.8 Å². The smallest absolute Gasteiger partial charge is 0.165 e. The van der Waals surface area contributed by atoms with Crippen molar-refractivity contribution in [2.75, 3.05) is 28.1 Å². The second-order valence-corrected chi connectivity index (χ2v) is 14.2. The van der Waals surface area contributed by atoms with Crippen molar-refractivity contribution in [3.05, 3.63) is 29.8 Å². The topological polar surface area (TPSA) is 46.2 Å². The van der Waals surface area contributed by atoms with Crippen molar-refractivity contribution in [1.82, 2.24) is 0 Å². The second-order valence-electron chi connectivity index (χ2n) is 8.71. The highest BCUT2D eigenvalue weighted by atomic mass is 28.3. The van der Waals surface area contributed by atoms with E-state index >= 15 is 0 Å². The Morgan fingerprint density at radius 3 is 2.14 bits per heavy atom. The van der Waals surface area contributed by atoms with Crippen LogP contribution in [0.4, 0.5) is 0 Å². The molecule has 0 saturated carbocycles. The molecule has 0 bridgehead atoms. The maximum Gasteiger partial charge on any atom is 0.165 e. The third kappa shape index (κ3) is 7.85. The molecule has 160 valence electrons. The molecular weight excluding hydrogens is 372 g/mol. The van der Waals surface area contributed by atoms with Gasteiger partial charge >= 0.3 is 0 Å². The van der Waals surface area contributed by atoms with Crippen LogP contribution in [-0.2, 0) is 9.47 Å². The Balaban J connectivity index is 3.02. The molecule has 0 fully saturated rings. The predicted molar refractivity (Wildman–Crippen MR) is 118 cm³/mol. The van der Waals surface area contributed by atoms with Crippen LogP contribution in [0.15, 0.2) is 24.3 Å². The molecule has 0 spiro atoms. The fourth-order valence-corrected chi connectivity index (χ4v) is 3.68. The Kier molecular flexibility index (Phi) is 9.54. The summed E-state index contributed by atoms with van der Waals surface area (Å²) in [7, 11) is 3.81. The Morgan fingerprint density at radius 2 is 1.61 bits per heavy atom. The van der Waals surface area contributed by atoms with Crippen LogP contribution in [0.3, 0.4) is 0 Å². The maximum absolute atomic E-state index is 6.37. The fourth-order valence-electron chi connectivity index (χ4n) is 2.81. The minimum atomic E-state index is -1.10. The van der Waals surface area contributed by atoms with E-state index in [1.54, 1.807) is 21.3 Å². The molecule has 0 N–H and O–H groups in total. The summed E-state index contributed by atoms with van der Waals surface area (Å²) >= 11 is 0. The predicted octanol–water partition coefficient (Wildman–Crippen LogP) is 5.44. The number of benzene rings is 1. The average molecular weight is 411 g/mol. The molecule has 0 heterocycles. The van der Waals surface area contributed by atoms with Crippen LogP contribution in [0.2, 0.25) is 25.7 Å². The summed E-state index contributed by atoms with van der Waals surface area (Å²) in [4.78, 5) is 0. The Hall–Kier alpha value is -1.50. The third-order valence-electron chi connectivity index (χ3n) is 4.46. The molecular formula is C22H38O5Si. The summed E-state index contributed by atoms with van der Waals surface area (Å²) in [6.07, 6.45) is 5.02. The third-order valence-corrected chi connectivity index (χ3v) is 5.92. The van der Waals surface area contributed by atoms with Crippen molar-refractivity contribution in [3.63, 3.8) is 0 Å². The number of methoxy groups -OCH3 is 3. The van der Waals surface area contributed by atoms with Gasteiger partial charge in [-0.2, -0.15) is 0 Å². The van der Waals surface area contributed by atoms with Gasteiger partial charge in [0.1, 0.15) is 24.2 Å². The van der Waals surface area contributed by atoms with Gasteiger partial charge in [0, 0.05) is 21.3 Å². The summed E-state index contributed by atoms with van der Waals surface area (Å²) in [6, 6.07) is 4.93. The quantitative estimate of drug-likeness (QED) is 0.261. The number of allylic oxidation sites excluding steroid dienone is 1. The molecule has 28 heavy (non-hydrogen) atoms. The molecule has 1 rings (SSSR count). The molecule has 0 aliphatic carbocycles. The monoisotopic (exact) mass is 410 g/mol. The lowest BCUT2D eigenvalue weighted by Gasteiger charge is -2.34. The molecule has 0 saturated heterocycles. The van der Waals surface area contributed by atoms with Gasteiger partial charge in [-0.15, -0.1) is 0 Å². The molecule has 1 atom stereocenters. The summed E-state index contributed by atoms with van der Waals surface area (Å²) in [5.41, 5.74) is 0.390. The molecule has 0 aliphatic rings. The minimum Gasteiger partial charge on any atom is -0.496 e. The lowest BCUT2D eigenvalue weighted by atomic mass is 9.98. The summed E-state index contributed by atoms with van der Waals surface area (Å²) in [6.45, 7) is 13.3. The molecule has 1 unspecified atom stereocenters. The van der Waals surface area contributed by atoms with E-state index in [2.05, 4.69) is 31.8 Å². The first-order chi connectivity index (χ1) is 13.0. The van der Waals surface area contributed by atoms with E-state index in [1.807, 2.05) is 32.9 Å². The van der Waals surface area contributed by atoms with Crippen molar-refractivity contribution >= 4 is 8.07 Å². The lowest BCUT2D eigenvalue weighted by molar-refractivity contribution is -0.132.